The van der Waals surface area contributed by atoms with Crippen molar-refractivity contribution in [2.24, 2.45) is 11.8 Å². The van der Waals surface area contributed by atoms with E-state index in [4.69, 9.17) is 27.9 Å². The number of benzene rings is 2. The number of fused-ring (bicyclic) bond motifs is 1. The van der Waals surface area contributed by atoms with Crippen molar-refractivity contribution in [3.8, 4) is 5.75 Å². The third-order valence-electron chi connectivity index (χ3n) is 9.35. The summed E-state index contributed by atoms with van der Waals surface area (Å²) < 4.78 is 6.56. The fraction of sp³-hybridized carbons (Fsp3) is 0.576. The molecule has 0 bridgehead atoms. The van der Waals surface area contributed by atoms with Crippen LogP contribution in [0.1, 0.15) is 112 Å². The summed E-state index contributed by atoms with van der Waals surface area (Å²) in [5, 5.41) is 1.38. The molecule has 5 rings (SSSR count). The summed E-state index contributed by atoms with van der Waals surface area (Å²) in [5.74, 6) is 3.32. The minimum Gasteiger partial charge on any atom is -0.488 e. The monoisotopic (exact) mass is 524 g/mol. The third kappa shape index (κ3) is 5.68. The van der Waals surface area contributed by atoms with Crippen LogP contribution in [-0.2, 0) is 12.8 Å². The van der Waals surface area contributed by atoms with Crippen LogP contribution in [0.5, 0.6) is 5.75 Å². The van der Waals surface area contributed by atoms with E-state index in [9.17, 15) is 0 Å². The average molecular weight is 526 g/mol. The molecule has 2 saturated carbocycles. The van der Waals surface area contributed by atoms with Crippen LogP contribution < -0.4 is 4.74 Å². The van der Waals surface area contributed by atoms with Gasteiger partial charge in [0.15, 0.2) is 0 Å². The highest BCUT2D eigenvalue weighted by Crippen LogP contribution is 2.49. The van der Waals surface area contributed by atoms with Crippen LogP contribution in [0.15, 0.2) is 43.0 Å². The first-order valence-electron chi connectivity index (χ1n) is 14.5. The number of hydrogen-bond acceptors (Lipinski definition) is 1. The van der Waals surface area contributed by atoms with E-state index in [0.717, 1.165) is 23.6 Å². The number of ether oxygens (including phenoxy) is 1. The van der Waals surface area contributed by atoms with Gasteiger partial charge in [-0.3, -0.25) is 0 Å². The number of rotatable bonds is 7. The fourth-order valence-electron chi connectivity index (χ4n) is 6.96. The van der Waals surface area contributed by atoms with Gasteiger partial charge < -0.3 is 4.74 Å². The molecule has 2 aromatic carbocycles. The highest BCUT2D eigenvalue weighted by Gasteiger charge is 2.34. The van der Waals surface area contributed by atoms with Crippen molar-refractivity contribution < 1.29 is 4.74 Å². The summed E-state index contributed by atoms with van der Waals surface area (Å²) in [5.41, 5.74) is 5.49. The maximum Gasteiger partial charge on any atom is 0.143 e. The molecule has 0 aromatic heterocycles. The minimum absolute atomic E-state index is 0.270. The number of halogens is 2. The molecule has 194 valence electrons. The molecule has 2 fully saturated rings. The Balaban J connectivity index is 1.22. The van der Waals surface area contributed by atoms with Crippen LogP contribution in [0.2, 0.25) is 10.0 Å². The van der Waals surface area contributed by atoms with Crippen molar-refractivity contribution in [2.75, 3.05) is 0 Å². The predicted octanol–water partition coefficient (Wildman–Crippen LogP) is 10.5. The maximum absolute atomic E-state index is 6.92. The van der Waals surface area contributed by atoms with Gasteiger partial charge in [-0.05, 0) is 123 Å². The first kappa shape index (κ1) is 26.2. The van der Waals surface area contributed by atoms with E-state index in [1.54, 1.807) is 0 Å². The molecule has 0 saturated heterocycles. The molecular weight excluding hydrogens is 483 g/mol. The molecule has 36 heavy (non-hydrogen) atoms. The largest absolute Gasteiger partial charge is 0.488 e. The number of aryl methyl sites for hydroxylation is 2. The summed E-state index contributed by atoms with van der Waals surface area (Å²) >= 11 is 13.8. The van der Waals surface area contributed by atoms with E-state index in [2.05, 4.69) is 49.9 Å². The van der Waals surface area contributed by atoms with Crippen LogP contribution in [-0.4, -0.2) is 6.10 Å². The molecule has 1 heterocycles. The van der Waals surface area contributed by atoms with Crippen LogP contribution in [0.25, 0.3) is 0 Å². The molecule has 0 spiro atoms. The molecule has 3 aliphatic rings. The van der Waals surface area contributed by atoms with Crippen molar-refractivity contribution in [1.29, 1.82) is 0 Å². The Morgan fingerprint density at radius 2 is 1.58 bits per heavy atom. The van der Waals surface area contributed by atoms with E-state index in [0.29, 0.717) is 28.7 Å². The highest BCUT2D eigenvalue weighted by atomic mass is 35.5. The molecule has 0 radical (unpaired) electrons. The zero-order valence-corrected chi connectivity index (χ0v) is 23.4. The quantitative estimate of drug-likeness (QED) is 0.327. The minimum atomic E-state index is 0.270. The first-order valence-corrected chi connectivity index (χ1v) is 15.2. The van der Waals surface area contributed by atoms with Gasteiger partial charge in [0, 0.05) is 0 Å². The van der Waals surface area contributed by atoms with Crippen LogP contribution in [0.4, 0.5) is 0 Å². The molecule has 0 N–H and O–H groups in total. The molecule has 0 amide bonds. The Bertz CT molecular complexity index is 1030. The Kier molecular flexibility index (Phi) is 8.69. The molecule has 1 nitrogen and oxygen atoms in total. The molecule has 2 aromatic rings. The normalized spacial score (nSPS) is 28.2. The molecule has 2 aliphatic carbocycles. The van der Waals surface area contributed by atoms with Crippen molar-refractivity contribution in [3.05, 3.63) is 75.3 Å². The lowest BCUT2D eigenvalue weighted by Gasteiger charge is -2.37. The van der Waals surface area contributed by atoms with Gasteiger partial charge in [-0.25, -0.2) is 0 Å². The van der Waals surface area contributed by atoms with E-state index in [1.807, 2.05) is 0 Å². The smallest absolute Gasteiger partial charge is 0.143 e. The zero-order valence-electron chi connectivity index (χ0n) is 21.9. The van der Waals surface area contributed by atoms with Gasteiger partial charge in [-0.2, -0.15) is 0 Å². The number of hydrogen-bond donors (Lipinski definition) is 0. The lowest BCUT2D eigenvalue weighted by atomic mass is 9.75. The number of allylic oxidation sites excluding steroid dienone is 1. The maximum atomic E-state index is 6.92. The van der Waals surface area contributed by atoms with Crippen LogP contribution in [0, 0.1) is 11.8 Å². The SMILES string of the molecule is C=CC1CCC(C2CCc3cc(C4CCC(c5ccc(CCCC)cc5)CC4)c(Cl)c(Cl)c3O2)CC1. The van der Waals surface area contributed by atoms with Gasteiger partial charge in [0.25, 0.3) is 0 Å². The van der Waals surface area contributed by atoms with Crippen molar-refractivity contribution in [2.45, 2.75) is 108 Å². The number of unbranched alkanes of at least 4 members (excludes halogenated alkanes) is 1. The van der Waals surface area contributed by atoms with Crippen LogP contribution >= 0.6 is 23.2 Å². The Morgan fingerprint density at radius 1 is 0.889 bits per heavy atom. The fourth-order valence-corrected chi connectivity index (χ4v) is 7.53. The topological polar surface area (TPSA) is 9.23 Å². The second kappa shape index (κ2) is 12.0. The Hall–Kier alpha value is -1.44. The molecule has 1 atom stereocenters. The van der Waals surface area contributed by atoms with Gasteiger partial charge in [-0.1, -0.05) is 73.0 Å². The van der Waals surface area contributed by atoms with Gasteiger partial charge in [0.1, 0.15) is 16.9 Å². The standard InChI is InChI=1S/C33H42Cl2O/c1-3-5-6-23-9-11-24(12-10-23)25-15-17-26(18-16-25)29-21-28-19-20-30(36-33(28)32(35)31(29)34)27-13-7-22(4-2)8-14-27/h4,9-12,21-22,25-27,30H,2-3,5-8,13-20H2,1H3. The van der Waals surface area contributed by atoms with Crippen molar-refractivity contribution >= 4 is 23.2 Å². The van der Waals surface area contributed by atoms with Gasteiger partial charge >= 0.3 is 0 Å². The van der Waals surface area contributed by atoms with Gasteiger partial charge in [0.05, 0.1) is 5.02 Å². The van der Waals surface area contributed by atoms with Crippen molar-refractivity contribution in [1.82, 2.24) is 0 Å². The highest BCUT2D eigenvalue weighted by molar-refractivity contribution is 6.43. The molecule has 1 aliphatic heterocycles. The van der Waals surface area contributed by atoms with E-state index < -0.39 is 0 Å². The van der Waals surface area contributed by atoms with E-state index in [1.165, 1.54) is 92.9 Å². The third-order valence-corrected chi connectivity index (χ3v) is 10.2. The van der Waals surface area contributed by atoms with E-state index >= 15 is 0 Å². The zero-order chi connectivity index (χ0) is 25.1. The summed E-state index contributed by atoms with van der Waals surface area (Å²) in [6.07, 6.45) is 18.0. The second-order valence-corrected chi connectivity index (χ2v) is 12.3. The summed E-state index contributed by atoms with van der Waals surface area (Å²) in [6, 6.07) is 11.8. The lowest BCUT2D eigenvalue weighted by molar-refractivity contribution is 0.0818. The second-order valence-electron chi connectivity index (χ2n) is 11.6. The van der Waals surface area contributed by atoms with Gasteiger partial charge in [-0.15, -0.1) is 6.58 Å². The summed E-state index contributed by atoms with van der Waals surface area (Å²) in [6.45, 7) is 6.25. The lowest BCUT2D eigenvalue weighted by Crippen LogP contribution is -2.33. The summed E-state index contributed by atoms with van der Waals surface area (Å²) in [4.78, 5) is 0. The molecule has 3 heteroatoms. The summed E-state index contributed by atoms with van der Waals surface area (Å²) in [7, 11) is 0. The van der Waals surface area contributed by atoms with E-state index in [-0.39, 0.29) is 6.10 Å². The predicted molar refractivity (Wildman–Crippen MR) is 154 cm³/mol. The Morgan fingerprint density at radius 3 is 2.25 bits per heavy atom. The first-order chi connectivity index (χ1) is 17.6. The Labute approximate surface area is 228 Å². The van der Waals surface area contributed by atoms with Crippen LogP contribution in [0.3, 0.4) is 0 Å². The molecular formula is C33H42Cl2O. The van der Waals surface area contributed by atoms with Crippen molar-refractivity contribution in [3.63, 3.8) is 0 Å². The van der Waals surface area contributed by atoms with Gasteiger partial charge in [0.2, 0.25) is 0 Å². The molecule has 1 unspecified atom stereocenters. The average Bonchev–Trinajstić information content (AvgIpc) is 2.94.